The van der Waals surface area contributed by atoms with E-state index in [4.69, 9.17) is 51.6 Å². The maximum atomic E-state index is 13.7. The Bertz CT molecular complexity index is 1400. The average molecular weight is 709 g/mol. The largest absolute Gasteiger partial charge is 0.508 e. The van der Waals surface area contributed by atoms with Gasteiger partial charge in [0.25, 0.3) is 0 Å². The molecule has 262 valence electrons. The molecule has 3 rings (SSSR count). The van der Waals surface area contributed by atoms with E-state index in [1.54, 1.807) is 0 Å². The number of fused-ring (bicyclic) bond motifs is 1. The van der Waals surface area contributed by atoms with E-state index in [2.05, 4.69) is 5.32 Å². The van der Waals surface area contributed by atoms with Crippen LogP contribution in [0.4, 0.5) is 14.4 Å². The van der Waals surface area contributed by atoms with Crippen molar-refractivity contribution in [2.24, 2.45) is 17.3 Å². The lowest BCUT2D eigenvalue weighted by atomic mass is 9.69. The van der Waals surface area contributed by atoms with Crippen LogP contribution in [-0.4, -0.2) is 93.9 Å². The van der Waals surface area contributed by atoms with Gasteiger partial charge in [-0.05, 0) is 66.2 Å². The predicted molar refractivity (Wildman–Crippen MR) is 162 cm³/mol. The second-order valence-corrected chi connectivity index (χ2v) is 13.7. The van der Waals surface area contributed by atoms with Crippen LogP contribution in [0.3, 0.4) is 0 Å². The van der Waals surface area contributed by atoms with Gasteiger partial charge in [-0.15, -0.1) is 0 Å². The first kappa shape index (κ1) is 37.9. The Hall–Kier alpha value is -3.53. The van der Waals surface area contributed by atoms with Gasteiger partial charge in [0.05, 0.1) is 46.3 Å². The second kappa shape index (κ2) is 13.9. The van der Waals surface area contributed by atoms with Crippen LogP contribution < -0.4 is 5.32 Å². The molecule has 0 bridgehead atoms. The van der Waals surface area contributed by atoms with Gasteiger partial charge in [0, 0.05) is 5.92 Å². The fraction of sp³-hybridized carbons (Fsp3) is 0.633. The van der Waals surface area contributed by atoms with Crippen molar-refractivity contribution in [3.05, 3.63) is 33.8 Å². The monoisotopic (exact) mass is 707 g/mol. The van der Waals surface area contributed by atoms with Crippen LogP contribution >= 0.6 is 23.2 Å². The maximum absolute atomic E-state index is 13.7. The third-order valence-electron chi connectivity index (χ3n) is 7.80. The van der Waals surface area contributed by atoms with Gasteiger partial charge in [0.1, 0.15) is 18.8 Å². The Morgan fingerprint density at radius 1 is 0.915 bits per heavy atom. The van der Waals surface area contributed by atoms with Crippen molar-refractivity contribution in [1.29, 1.82) is 0 Å². The summed E-state index contributed by atoms with van der Waals surface area (Å²) in [5.74, 6) is -6.77. The first-order chi connectivity index (χ1) is 21.6. The van der Waals surface area contributed by atoms with Crippen molar-refractivity contribution in [3.8, 4) is 0 Å². The maximum Gasteiger partial charge on any atom is 0.508 e. The van der Waals surface area contributed by atoms with Crippen molar-refractivity contribution in [3.63, 3.8) is 0 Å². The summed E-state index contributed by atoms with van der Waals surface area (Å²) in [6.45, 7) is 7.91. The summed E-state index contributed by atoms with van der Waals surface area (Å²) in [6.07, 6.45) is -7.36. The Kier molecular flexibility index (Phi) is 11.2. The van der Waals surface area contributed by atoms with Crippen LogP contribution in [0, 0.1) is 17.3 Å². The number of carboxylic acids is 2. The highest BCUT2D eigenvalue weighted by Gasteiger charge is 2.95. The molecule has 4 N–H and O–H groups in total. The summed E-state index contributed by atoms with van der Waals surface area (Å²) in [5, 5.41) is 35.8. The first-order valence-corrected chi connectivity index (χ1v) is 15.3. The number of ether oxygens (including phenoxy) is 6. The van der Waals surface area contributed by atoms with Gasteiger partial charge in [0.2, 0.25) is 0 Å². The van der Waals surface area contributed by atoms with Crippen LogP contribution in [0.2, 0.25) is 10.0 Å². The van der Waals surface area contributed by atoms with Crippen LogP contribution in [0.1, 0.15) is 54.0 Å². The van der Waals surface area contributed by atoms with E-state index in [0.717, 1.165) is 0 Å². The zero-order valence-corrected chi connectivity index (χ0v) is 28.3. The molecule has 0 radical (unpaired) electrons. The van der Waals surface area contributed by atoms with Crippen molar-refractivity contribution in [2.75, 3.05) is 13.2 Å². The lowest BCUT2D eigenvalue weighted by Crippen LogP contribution is -2.77. The Morgan fingerprint density at radius 3 is 1.94 bits per heavy atom. The number of hydrogen-bond acceptors (Lipinski definition) is 12. The summed E-state index contributed by atoms with van der Waals surface area (Å²) >= 11 is 12.2. The summed E-state index contributed by atoms with van der Waals surface area (Å²) in [5.41, 5.74) is -8.88. The molecule has 0 aliphatic heterocycles. The molecule has 0 aromatic heterocycles. The molecular weight excluding hydrogens is 669 g/mol. The second-order valence-electron chi connectivity index (χ2n) is 12.8. The molecule has 1 aromatic rings. The van der Waals surface area contributed by atoms with Gasteiger partial charge in [-0.25, -0.2) is 19.2 Å². The highest BCUT2D eigenvalue weighted by atomic mass is 35.5. The average Bonchev–Trinajstić information content (AvgIpc) is 3.57. The summed E-state index contributed by atoms with van der Waals surface area (Å²) in [4.78, 5) is 64.9. The number of carbonyl (C=O) groups is 5. The molecule has 1 aromatic carbocycles. The van der Waals surface area contributed by atoms with Crippen molar-refractivity contribution in [2.45, 2.75) is 90.1 Å². The van der Waals surface area contributed by atoms with E-state index in [9.17, 15) is 39.3 Å². The summed E-state index contributed by atoms with van der Waals surface area (Å²) < 4.78 is 32.1. The minimum absolute atomic E-state index is 0.101. The van der Waals surface area contributed by atoms with Crippen molar-refractivity contribution in [1.82, 2.24) is 5.32 Å². The smallest absolute Gasteiger partial charge is 0.481 e. The molecule has 2 aliphatic carbocycles. The topological polar surface area (TPSA) is 213 Å². The summed E-state index contributed by atoms with van der Waals surface area (Å²) in [6, 6.07) is 4.29. The Morgan fingerprint density at radius 2 is 1.47 bits per heavy atom. The standard InChI is InChI=1S/C30H39Cl2NO14/c1-14(2)45-25(40)42-12-28-19(20(28)22(35)36)21(34)29(13-43-26(41)46-15(3)4,44-11-16-8-9-17(31)18(32)10-16)30(28,23(37)38)33-24(39)47-27(5,6)7/h8-10,14-15,19-21,34H,11-13H2,1-7H3,(H,33,39)(H,35,36)(H,37,38)/t19-,20-,21-,28+,29-,30+/m0/s1. The van der Waals surface area contributed by atoms with Gasteiger partial charge in [-0.2, -0.15) is 0 Å². The molecule has 0 heterocycles. The number of benzene rings is 1. The fourth-order valence-corrected chi connectivity index (χ4v) is 6.49. The Labute approximate surface area is 280 Å². The molecule has 2 saturated carbocycles. The number of nitrogens with one attached hydrogen (secondary N) is 1. The lowest BCUT2D eigenvalue weighted by molar-refractivity contribution is -0.213. The SMILES string of the molecule is CC(C)OC(=O)OC[C@@]12[C@@H]([C@H]1C(=O)O)[C@H](O)[C@](COC(=O)OC(C)C)(OCc1ccc(Cl)c(Cl)c1)[C@@]2(NC(=O)OC(C)(C)C)C(=O)O. The minimum Gasteiger partial charge on any atom is -0.481 e. The number of aliphatic carboxylic acids is 2. The van der Waals surface area contributed by atoms with E-state index in [1.807, 2.05) is 0 Å². The molecule has 1 amide bonds. The highest BCUT2D eigenvalue weighted by molar-refractivity contribution is 6.42. The number of hydrogen-bond donors (Lipinski definition) is 4. The van der Waals surface area contributed by atoms with Gasteiger partial charge in [-0.3, -0.25) is 4.79 Å². The molecule has 17 heteroatoms. The van der Waals surface area contributed by atoms with E-state index in [-0.39, 0.29) is 10.0 Å². The molecule has 15 nitrogen and oxygen atoms in total. The van der Waals surface area contributed by atoms with Crippen LogP contribution in [-0.2, 0) is 44.6 Å². The number of amides is 1. The number of carbonyl (C=O) groups excluding carboxylic acids is 3. The normalized spacial score (nSPS) is 27.9. The van der Waals surface area contributed by atoms with E-state index < -0.39 is 102 Å². The minimum atomic E-state index is -3.01. The van der Waals surface area contributed by atoms with Gasteiger partial charge in [-0.1, -0.05) is 29.3 Å². The predicted octanol–water partition coefficient (Wildman–Crippen LogP) is 4.41. The highest BCUT2D eigenvalue weighted by Crippen LogP contribution is 2.76. The van der Waals surface area contributed by atoms with Gasteiger partial charge < -0.3 is 49.1 Å². The van der Waals surface area contributed by atoms with E-state index >= 15 is 0 Å². The summed E-state index contributed by atoms with van der Waals surface area (Å²) in [7, 11) is 0. The molecular formula is C30H39Cl2NO14. The molecule has 0 unspecified atom stereocenters. The van der Waals surface area contributed by atoms with Crippen LogP contribution in [0.15, 0.2) is 18.2 Å². The van der Waals surface area contributed by atoms with Crippen molar-refractivity contribution >= 4 is 53.5 Å². The number of halogens is 2. The molecule has 2 aliphatic rings. The molecule has 6 atom stereocenters. The molecule has 0 spiro atoms. The number of aliphatic hydroxyl groups excluding tert-OH is 1. The van der Waals surface area contributed by atoms with E-state index in [1.165, 1.54) is 66.7 Å². The Balaban J connectivity index is 2.29. The third-order valence-corrected chi connectivity index (χ3v) is 8.54. The molecule has 0 saturated heterocycles. The van der Waals surface area contributed by atoms with Crippen LogP contribution in [0.25, 0.3) is 0 Å². The zero-order valence-electron chi connectivity index (χ0n) is 26.8. The van der Waals surface area contributed by atoms with Crippen LogP contribution in [0.5, 0.6) is 0 Å². The third kappa shape index (κ3) is 7.32. The quantitative estimate of drug-likeness (QED) is 0.175. The number of rotatable bonds is 12. The number of alkyl carbamates (subject to hydrolysis) is 1. The number of aliphatic hydroxyl groups is 1. The molecule has 2 fully saturated rings. The van der Waals surface area contributed by atoms with E-state index in [0.29, 0.717) is 5.56 Å². The first-order valence-electron chi connectivity index (χ1n) is 14.5. The zero-order chi connectivity index (χ0) is 35.7. The fourth-order valence-electron chi connectivity index (χ4n) is 6.17. The van der Waals surface area contributed by atoms with Gasteiger partial charge >= 0.3 is 30.3 Å². The number of carboxylic acid groups (broad SMARTS) is 2. The van der Waals surface area contributed by atoms with Gasteiger partial charge in [0.15, 0.2) is 11.1 Å². The molecule has 47 heavy (non-hydrogen) atoms. The lowest BCUT2D eigenvalue weighted by Gasteiger charge is -2.49. The van der Waals surface area contributed by atoms with Crippen molar-refractivity contribution < 1.29 is 67.7 Å².